The van der Waals surface area contributed by atoms with Gasteiger partial charge in [0.1, 0.15) is 0 Å². The Hall–Kier alpha value is -2.62. The van der Waals surface area contributed by atoms with Crippen molar-refractivity contribution < 1.29 is 0 Å². The average Bonchev–Trinajstić information content (AvgIpc) is 2.82. The van der Waals surface area contributed by atoms with Gasteiger partial charge >= 0.3 is 0 Å². The molecule has 0 saturated carbocycles. The Labute approximate surface area is 111 Å². The fraction of sp³-hybridized carbons (Fsp3) is 0.0667. The first kappa shape index (κ1) is 11.5. The molecule has 3 aromatic rings. The smallest absolute Gasteiger partial charge is 0.198 e. The first-order valence-corrected chi connectivity index (χ1v) is 6.11. The SMILES string of the molecule is Nc1nc(-c2ccncc2)c(Cc2ccccc2)[nH]1. The van der Waals surface area contributed by atoms with Crippen molar-refractivity contribution in [3.05, 3.63) is 66.1 Å². The molecule has 2 heterocycles. The van der Waals surface area contributed by atoms with Gasteiger partial charge in [-0.1, -0.05) is 30.3 Å². The number of nitrogens with one attached hydrogen (secondary N) is 1. The van der Waals surface area contributed by atoms with Gasteiger partial charge < -0.3 is 10.7 Å². The van der Waals surface area contributed by atoms with Crippen LogP contribution in [0.2, 0.25) is 0 Å². The molecule has 0 amide bonds. The molecule has 0 aliphatic heterocycles. The van der Waals surface area contributed by atoms with Crippen LogP contribution in [0.25, 0.3) is 11.3 Å². The summed E-state index contributed by atoms with van der Waals surface area (Å²) in [5.41, 5.74) is 9.95. The van der Waals surface area contributed by atoms with Gasteiger partial charge in [-0.25, -0.2) is 4.98 Å². The second-order valence-electron chi connectivity index (χ2n) is 4.35. The highest BCUT2D eigenvalue weighted by Gasteiger charge is 2.11. The molecule has 94 valence electrons. The maximum absolute atomic E-state index is 5.79. The molecule has 0 bridgehead atoms. The van der Waals surface area contributed by atoms with Gasteiger partial charge in [0.2, 0.25) is 0 Å². The van der Waals surface area contributed by atoms with E-state index >= 15 is 0 Å². The van der Waals surface area contributed by atoms with Crippen LogP contribution < -0.4 is 5.73 Å². The minimum Gasteiger partial charge on any atom is -0.369 e. The van der Waals surface area contributed by atoms with E-state index in [9.17, 15) is 0 Å². The summed E-state index contributed by atoms with van der Waals surface area (Å²) in [7, 11) is 0. The van der Waals surface area contributed by atoms with E-state index in [1.54, 1.807) is 12.4 Å². The van der Waals surface area contributed by atoms with Crippen molar-refractivity contribution in [2.75, 3.05) is 5.73 Å². The van der Waals surface area contributed by atoms with E-state index in [1.165, 1.54) is 5.56 Å². The van der Waals surface area contributed by atoms with Crippen molar-refractivity contribution in [1.82, 2.24) is 15.0 Å². The zero-order valence-corrected chi connectivity index (χ0v) is 10.4. The van der Waals surface area contributed by atoms with Gasteiger partial charge in [-0.15, -0.1) is 0 Å². The summed E-state index contributed by atoms with van der Waals surface area (Å²) >= 11 is 0. The minimum atomic E-state index is 0.442. The predicted octanol–water partition coefficient (Wildman–Crippen LogP) is 2.64. The number of pyridine rings is 1. The molecule has 3 N–H and O–H groups in total. The van der Waals surface area contributed by atoms with Crippen LogP contribution in [-0.4, -0.2) is 15.0 Å². The van der Waals surface area contributed by atoms with Crippen LogP contribution in [0.3, 0.4) is 0 Å². The fourth-order valence-corrected chi connectivity index (χ4v) is 2.11. The van der Waals surface area contributed by atoms with Crippen molar-refractivity contribution in [1.29, 1.82) is 0 Å². The van der Waals surface area contributed by atoms with Gasteiger partial charge in [0, 0.05) is 30.1 Å². The van der Waals surface area contributed by atoms with Gasteiger partial charge in [0.05, 0.1) is 5.69 Å². The van der Waals surface area contributed by atoms with Crippen LogP contribution in [-0.2, 0) is 6.42 Å². The highest BCUT2D eigenvalue weighted by atomic mass is 15.0. The summed E-state index contributed by atoms with van der Waals surface area (Å²) in [6.07, 6.45) is 4.29. The number of imidazole rings is 1. The number of anilines is 1. The third-order valence-corrected chi connectivity index (χ3v) is 2.97. The average molecular weight is 250 g/mol. The molecule has 4 nitrogen and oxygen atoms in total. The van der Waals surface area contributed by atoms with E-state index in [0.29, 0.717) is 5.95 Å². The van der Waals surface area contributed by atoms with Crippen LogP contribution >= 0.6 is 0 Å². The number of aromatic nitrogens is 3. The summed E-state index contributed by atoms with van der Waals surface area (Å²) in [5, 5.41) is 0. The number of nitrogen functional groups attached to an aromatic ring is 1. The minimum absolute atomic E-state index is 0.442. The number of aromatic amines is 1. The van der Waals surface area contributed by atoms with Crippen LogP contribution in [0.1, 0.15) is 11.3 Å². The van der Waals surface area contributed by atoms with Crippen molar-refractivity contribution in [3.63, 3.8) is 0 Å². The Balaban J connectivity index is 1.99. The van der Waals surface area contributed by atoms with E-state index in [-0.39, 0.29) is 0 Å². The molecule has 2 aromatic heterocycles. The first-order valence-electron chi connectivity index (χ1n) is 6.11. The van der Waals surface area contributed by atoms with E-state index in [1.807, 2.05) is 30.3 Å². The van der Waals surface area contributed by atoms with Gasteiger partial charge in [-0.2, -0.15) is 0 Å². The number of H-pyrrole nitrogens is 1. The molecular formula is C15H14N4. The molecule has 0 unspecified atom stereocenters. The van der Waals surface area contributed by atoms with Crippen LogP contribution in [0, 0.1) is 0 Å². The summed E-state index contributed by atoms with van der Waals surface area (Å²) in [6.45, 7) is 0. The standard InChI is InChI=1S/C15H14N4/c16-15-18-13(10-11-4-2-1-3-5-11)14(19-15)12-6-8-17-9-7-12/h1-9H,10H2,(H3,16,18,19). The molecule has 0 radical (unpaired) electrons. The number of rotatable bonds is 3. The number of hydrogen-bond donors (Lipinski definition) is 2. The Bertz CT molecular complexity index is 659. The van der Waals surface area contributed by atoms with E-state index < -0.39 is 0 Å². The number of benzene rings is 1. The van der Waals surface area contributed by atoms with Crippen molar-refractivity contribution in [2.45, 2.75) is 6.42 Å². The normalized spacial score (nSPS) is 10.5. The van der Waals surface area contributed by atoms with E-state index in [2.05, 4.69) is 27.1 Å². The van der Waals surface area contributed by atoms with Gasteiger partial charge in [0.25, 0.3) is 0 Å². The molecule has 0 aliphatic carbocycles. The second-order valence-corrected chi connectivity index (χ2v) is 4.35. The monoisotopic (exact) mass is 250 g/mol. The van der Waals surface area contributed by atoms with Crippen LogP contribution in [0.15, 0.2) is 54.9 Å². The lowest BCUT2D eigenvalue weighted by molar-refractivity contribution is 1.11. The van der Waals surface area contributed by atoms with Gasteiger partial charge in [0.15, 0.2) is 5.95 Å². The quantitative estimate of drug-likeness (QED) is 0.751. The summed E-state index contributed by atoms with van der Waals surface area (Å²) in [6, 6.07) is 14.1. The Morgan fingerprint density at radius 1 is 1.00 bits per heavy atom. The topological polar surface area (TPSA) is 67.6 Å². The highest BCUT2D eigenvalue weighted by molar-refractivity contribution is 5.63. The van der Waals surface area contributed by atoms with E-state index in [4.69, 9.17) is 5.73 Å². The molecule has 0 aliphatic rings. The summed E-state index contributed by atoms with van der Waals surface area (Å²) in [5.74, 6) is 0.442. The Morgan fingerprint density at radius 2 is 1.74 bits per heavy atom. The Morgan fingerprint density at radius 3 is 2.47 bits per heavy atom. The molecule has 0 atom stereocenters. The third kappa shape index (κ3) is 2.47. The molecular weight excluding hydrogens is 236 g/mol. The van der Waals surface area contributed by atoms with Crippen LogP contribution in [0.5, 0.6) is 0 Å². The first-order chi connectivity index (χ1) is 9.33. The molecule has 4 heteroatoms. The van der Waals surface area contributed by atoms with Gasteiger partial charge in [-0.3, -0.25) is 4.98 Å². The van der Waals surface area contributed by atoms with E-state index in [0.717, 1.165) is 23.4 Å². The summed E-state index contributed by atoms with van der Waals surface area (Å²) in [4.78, 5) is 11.5. The number of hydrogen-bond acceptors (Lipinski definition) is 3. The molecule has 3 rings (SSSR count). The van der Waals surface area contributed by atoms with Crippen molar-refractivity contribution >= 4 is 5.95 Å². The van der Waals surface area contributed by atoms with Gasteiger partial charge in [-0.05, 0) is 17.7 Å². The maximum Gasteiger partial charge on any atom is 0.198 e. The second kappa shape index (κ2) is 4.94. The lowest BCUT2D eigenvalue weighted by Gasteiger charge is -2.02. The largest absolute Gasteiger partial charge is 0.369 e. The lowest BCUT2D eigenvalue weighted by atomic mass is 10.1. The molecule has 0 saturated heterocycles. The number of nitrogens with zero attached hydrogens (tertiary/aromatic N) is 2. The lowest BCUT2D eigenvalue weighted by Crippen LogP contribution is -1.92. The van der Waals surface area contributed by atoms with Crippen LogP contribution in [0.4, 0.5) is 5.95 Å². The highest BCUT2D eigenvalue weighted by Crippen LogP contribution is 2.23. The fourth-order valence-electron chi connectivity index (χ4n) is 2.11. The number of nitrogens with two attached hydrogens (primary N) is 1. The molecule has 0 spiro atoms. The third-order valence-electron chi connectivity index (χ3n) is 2.97. The maximum atomic E-state index is 5.79. The zero-order valence-electron chi connectivity index (χ0n) is 10.4. The Kier molecular flexibility index (Phi) is 2.98. The molecule has 19 heavy (non-hydrogen) atoms. The van der Waals surface area contributed by atoms with Crippen molar-refractivity contribution in [2.24, 2.45) is 0 Å². The van der Waals surface area contributed by atoms with Crippen molar-refractivity contribution in [3.8, 4) is 11.3 Å². The zero-order chi connectivity index (χ0) is 13.1. The predicted molar refractivity (Wildman–Crippen MR) is 75.5 cm³/mol. The summed E-state index contributed by atoms with van der Waals surface area (Å²) < 4.78 is 0. The molecule has 0 fully saturated rings. The molecule has 1 aromatic carbocycles.